The van der Waals surface area contributed by atoms with Crippen molar-refractivity contribution in [3.8, 4) is 22.7 Å². The molecule has 6 heteroatoms. The van der Waals surface area contributed by atoms with Crippen molar-refractivity contribution in [1.82, 2.24) is 19.8 Å². The molecule has 0 fully saturated rings. The Morgan fingerprint density at radius 2 is 1.27 bits per heavy atom. The summed E-state index contributed by atoms with van der Waals surface area (Å²) in [6, 6.07) is 19.3. The zero-order valence-corrected chi connectivity index (χ0v) is 25.6. The normalized spacial score (nSPS) is 11.5. The molecule has 4 aromatic rings. The number of aromatic nitrogens is 2. The third kappa shape index (κ3) is 9.00. The fourth-order valence-electron chi connectivity index (χ4n) is 5.44. The minimum atomic E-state index is 0.674. The summed E-state index contributed by atoms with van der Waals surface area (Å²) in [5.41, 5.74) is 8.61. The highest BCUT2D eigenvalue weighted by Crippen LogP contribution is 2.29. The van der Waals surface area contributed by atoms with E-state index in [1.54, 1.807) is 6.26 Å². The molecule has 0 saturated carbocycles. The molecule has 0 amide bonds. The van der Waals surface area contributed by atoms with Gasteiger partial charge in [0, 0.05) is 47.5 Å². The molecule has 6 nitrogen and oxygen atoms in total. The quantitative estimate of drug-likeness (QED) is 0.150. The van der Waals surface area contributed by atoms with E-state index in [0.29, 0.717) is 5.89 Å². The summed E-state index contributed by atoms with van der Waals surface area (Å²) in [5, 5.41) is 3.44. The topological polar surface area (TPSA) is 57.4 Å². The van der Waals surface area contributed by atoms with E-state index in [1.807, 2.05) is 25.3 Å². The fourth-order valence-corrected chi connectivity index (χ4v) is 5.44. The van der Waals surface area contributed by atoms with Crippen LogP contribution in [-0.2, 0) is 13.1 Å². The minimum absolute atomic E-state index is 0.674. The van der Waals surface area contributed by atoms with E-state index in [9.17, 15) is 0 Å². The standard InChI is InChI=1S/C35H47N5O/c1-6-16-39(17-7-2)24-28-21-29(25-40(18-8-3)19-9-4)23-31(22-28)35-38-34(26-41-35)30-10-12-32(13-11-30)37-33-14-15-36-27(5)20-33/h10-15,20-23,26H,6-9,16-19,24-25H2,1-5H3,(H,36,37). The molecular weight excluding hydrogens is 506 g/mol. The summed E-state index contributed by atoms with van der Waals surface area (Å²) >= 11 is 0. The highest BCUT2D eigenvalue weighted by Gasteiger charge is 2.14. The molecule has 0 aliphatic rings. The van der Waals surface area contributed by atoms with Gasteiger partial charge in [-0.15, -0.1) is 0 Å². The number of aryl methyl sites for hydroxylation is 1. The molecule has 2 aromatic carbocycles. The smallest absolute Gasteiger partial charge is 0.226 e. The zero-order valence-electron chi connectivity index (χ0n) is 25.6. The second-order valence-corrected chi connectivity index (χ2v) is 11.0. The first-order valence-electron chi connectivity index (χ1n) is 15.3. The Kier molecular flexibility index (Phi) is 11.5. The molecule has 2 heterocycles. The lowest BCUT2D eigenvalue weighted by atomic mass is 10.0. The van der Waals surface area contributed by atoms with Crippen molar-refractivity contribution in [2.24, 2.45) is 0 Å². The van der Waals surface area contributed by atoms with Crippen LogP contribution in [0.1, 0.15) is 70.2 Å². The summed E-state index contributed by atoms with van der Waals surface area (Å²) in [7, 11) is 0. The van der Waals surface area contributed by atoms with E-state index in [-0.39, 0.29) is 0 Å². The molecule has 0 atom stereocenters. The molecule has 4 rings (SSSR count). The van der Waals surface area contributed by atoms with Gasteiger partial charge >= 0.3 is 0 Å². The first-order chi connectivity index (χ1) is 20.0. The van der Waals surface area contributed by atoms with Crippen LogP contribution in [-0.4, -0.2) is 45.9 Å². The van der Waals surface area contributed by atoms with E-state index in [4.69, 9.17) is 9.40 Å². The van der Waals surface area contributed by atoms with Crippen molar-refractivity contribution in [2.75, 3.05) is 31.5 Å². The number of benzene rings is 2. The number of nitrogens with one attached hydrogen (secondary N) is 1. The van der Waals surface area contributed by atoms with E-state index >= 15 is 0 Å². The maximum atomic E-state index is 6.09. The van der Waals surface area contributed by atoms with Crippen LogP contribution in [0, 0.1) is 6.92 Å². The van der Waals surface area contributed by atoms with Crippen molar-refractivity contribution in [2.45, 2.75) is 73.4 Å². The first kappa shape index (κ1) is 30.5. The Bertz CT molecular complexity index is 1300. The summed E-state index contributed by atoms with van der Waals surface area (Å²) in [4.78, 5) is 14.3. The van der Waals surface area contributed by atoms with Crippen molar-refractivity contribution in [3.05, 3.63) is 83.9 Å². The van der Waals surface area contributed by atoms with Gasteiger partial charge in [0.2, 0.25) is 5.89 Å². The maximum Gasteiger partial charge on any atom is 0.226 e. The number of hydrogen-bond acceptors (Lipinski definition) is 6. The SMILES string of the molecule is CCCN(CCC)Cc1cc(CN(CCC)CCC)cc(-c2nc(-c3ccc(Nc4ccnc(C)c4)cc3)co2)c1. The molecule has 0 radical (unpaired) electrons. The summed E-state index contributed by atoms with van der Waals surface area (Å²) in [6.07, 6.45) is 8.23. The molecular formula is C35H47N5O. The summed E-state index contributed by atoms with van der Waals surface area (Å²) in [6.45, 7) is 17.4. The molecule has 0 unspecified atom stereocenters. The van der Waals surface area contributed by atoms with Crippen molar-refractivity contribution < 1.29 is 4.42 Å². The molecule has 1 N–H and O–H groups in total. The molecule has 41 heavy (non-hydrogen) atoms. The van der Waals surface area contributed by atoms with Gasteiger partial charge in [-0.05, 0) is 106 Å². The second-order valence-electron chi connectivity index (χ2n) is 11.0. The Morgan fingerprint density at radius 3 is 1.80 bits per heavy atom. The van der Waals surface area contributed by atoms with Gasteiger partial charge in [0.25, 0.3) is 0 Å². The molecule has 0 aliphatic carbocycles. The fraction of sp³-hybridized carbons (Fsp3) is 0.429. The van der Waals surface area contributed by atoms with Crippen molar-refractivity contribution >= 4 is 11.4 Å². The van der Waals surface area contributed by atoms with Gasteiger partial charge < -0.3 is 9.73 Å². The zero-order chi connectivity index (χ0) is 29.0. The lowest BCUT2D eigenvalue weighted by molar-refractivity contribution is 0.262. The van der Waals surface area contributed by atoms with Crippen molar-refractivity contribution in [3.63, 3.8) is 0 Å². The van der Waals surface area contributed by atoms with E-state index in [1.165, 1.54) is 11.1 Å². The molecule has 0 spiro atoms. The lowest BCUT2D eigenvalue weighted by Crippen LogP contribution is -2.26. The van der Waals surface area contributed by atoms with Gasteiger partial charge in [-0.2, -0.15) is 0 Å². The van der Waals surface area contributed by atoms with Crippen molar-refractivity contribution in [1.29, 1.82) is 0 Å². The Balaban J connectivity index is 1.58. The Labute approximate surface area is 246 Å². The molecule has 0 bridgehead atoms. The van der Waals surface area contributed by atoms with Gasteiger partial charge in [-0.25, -0.2) is 4.98 Å². The first-order valence-corrected chi connectivity index (χ1v) is 15.3. The largest absolute Gasteiger partial charge is 0.444 e. The number of rotatable bonds is 16. The molecule has 218 valence electrons. The maximum absolute atomic E-state index is 6.09. The third-order valence-corrected chi connectivity index (χ3v) is 7.14. The number of pyridine rings is 1. The number of hydrogen-bond donors (Lipinski definition) is 1. The monoisotopic (exact) mass is 553 g/mol. The predicted octanol–water partition coefficient (Wildman–Crippen LogP) is 8.70. The van der Waals surface area contributed by atoms with Gasteiger partial charge in [-0.3, -0.25) is 14.8 Å². The van der Waals surface area contributed by atoms with E-state index < -0.39 is 0 Å². The summed E-state index contributed by atoms with van der Waals surface area (Å²) in [5.74, 6) is 0.674. The van der Waals surface area contributed by atoms with Crippen LogP contribution in [0.3, 0.4) is 0 Å². The minimum Gasteiger partial charge on any atom is -0.444 e. The van der Waals surface area contributed by atoms with Gasteiger partial charge in [0.1, 0.15) is 12.0 Å². The van der Waals surface area contributed by atoms with Crippen LogP contribution >= 0.6 is 0 Å². The third-order valence-electron chi connectivity index (χ3n) is 7.14. The molecule has 0 saturated heterocycles. The van der Waals surface area contributed by atoms with Crippen LogP contribution < -0.4 is 5.32 Å². The predicted molar refractivity (Wildman–Crippen MR) is 171 cm³/mol. The average molecular weight is 554 g/mol. The summed E-state index contributed by atoms with van der Waals surface area (Å²) < 4.78 is 6.09. The Hall–Kier alpha value is -3.48. The second kappa shape index (κ2) is 15.5. The van der Waals surface area contributed by atoms with E-state index in [2.05, 4.69) is 90.3 Å². The van der Waals surface area contributed by atoms with Gasteiger partial charge in [-0.1, -0.05) is 45.9 Å². The highest BCUT2D eigenvalue weighted by molar-refractivity contribution is 5.68. The van der Waals surface area contributed by atoms with Crippen LogP contribution in [0.5, 0.6) is 0 Å². The van der Waals surface area contributed by atoms with Crippen LogP contribution in [0.25, 0.3) is 22.7 Å². The van der Waals surface area contributed by atoms with Gasteiger partial charge in [0.15, 0.2) is 0 Å². The van der Waals surface area contributed by atoms with Gasteiger partial charge in [0.05, 0.1) is 0 Å². The van der Waals surface area contributed by atoms with Crippen LogP contribution in [0.2, 0.25) is 0 Å². The number of anilines is 2. The number of oxazole rings is 1. The van der Waals surface area contributed by atoms with Crippen LogP contribution in [0.15, 0.2) is 71.5 Å². The number of nitrogens with zero attached hydrogens (tertiary/aromatic N) is 4. The highest BCUT2D eigenvalue weighted by atomic mass is 16.3. The average Bonchev–Trinajstić information content (AvgIpc) is 3.45. The molecule has 0 aliphatic heterocycles. The van der Waals surface area contributed by atoms with E-state index in [0.717, 1.165) is 98.8 Å². The lowest BCUT2D eigenvalue weighted by Gasteiger charge is -2.24. The molecule has 2 aromatic heterocycles. The Morgan fingerprint density at radius 1 is 0.683 bits per heavy atom. The van der Waals surface area contributed by atoms with Crippen LogP contribution in [0.4, 0.5) is 11.4 Å².